The molecule has 2 aromatic rings. The van der Waals surface area contributed by atoms with Crippen molar-refractivity contribution in [2.24, 2.45) is 5.92 Å². The number of ether oxygens (including phenoxy) is 3. The zero-order valence-electron chi connectivity index (χ0n) is 17.6. The third kappa shape index (κ3) is 5.78. The van der Waals surface area contributed by atoms with Gasteiger partial charge in [0.1, 0.15) is 17.6 Å². The molecule has 2 aromatic carbocycles. The summed E-state index contributed by atoms with van der Waals surface area (Å²) in [5.41, 5.74) is 1.34. The third-order valence-electron chi connectivity index (χ3n) is 6.44. The van der Waals surface area contributed by atoms with Crippen LogP contribution in [0.4, 0.5) is 0 Å². The Kier molecular flexibility index (Phi) is 7.28. The van der Waals surface area contributed by atoms with E-state index in [1.54, 1.807) is 0 Å². The summed E-state index contributed by atoms with van der Waals surface area (Å²) in [5.74, 6) is 2.34. The van der Waals surface area contributed by atoms with Crippen molar-refractivity contribution in [1.82, 2.24) is 0 Å². The maximum atomic E-state index is 12.4. The number of rotatable bonds is 7. The first-order valence-corrected chi connectivity index (χ1v) is 11.4. The smallest absolute Gasteiger partial charge is 0.309 e. The summed E-state index contributed by atoms with van der Waals surface area (Å²) < 4.78 is 17.1. The molecule has 0 saturated heterocycles. The summed E-state index contributed by atoms with van der Waals surface area (Å²) in [7, 11) is 0. The first kappa shape index (κ1) is 20.8. The lowest BCUT2D eigenvalue weighted by Crippen LogP contribution is -2.28. The van der Waals surface area contributed by atoms with E-state index in [1.807, 2.05) is 42.5 Å². The Labute approximate surface area is 179 Å². The molecule has 2 aliphatic rings. The average molecular weight is 409 g/mol. The molecule has 0 aliphatic heterocycles. The lowest BCUT2D eigenvalue weighted by molar-refractivity contribution is -0.156. The van der Waals surface area contributed by atoms with Gasteiger partial charge in [-0.3, -0.25) is 4.79 Å². The fourth-order valence-corrected chi connectivity index (χ4v) is 4.63. The van der Waals surface area contributed by atoms with Crippen LogP contribution in [-0.2, 0) is 9.53 Å². The molecule has 2 saturated carbocycles. The highest BCUT2D eigenvalue weighted by Gasteiger charge is 2.28. The number of carbonyl (C=O) groups is 1. The first-order chi connectivity index (χ1) is 14.8. The predicted molar refractivity (Wildman–Crippen MR) is 117 cm³/mol. The second-order valence-corrected chi connectivity index (χ2v) is 8.53. The Bertz CT molecular complexity index is 772. The third-order valence-corrected chi connectivity index (χ3v) is 6.44. The van der Waals surface area contributed by atoms with Crippen molar-refractivity contribution in [2.75, 3.05) is 6.79 Å². The van der Waals surface area contributed by atoms with E-state index in [1.165, 1.54) is 24.8 Å². The van der Waals surface area contributed by atoms with E-state index >= 15 is 0 Å². The zero-order chi connectivity index (χ0) is 20.6. The maximum absolute atomic E-state index is 12.4. The fourth-order valence-electron chi connectivity index (χ4n) is 4.63. The van der Waals surface area contributed by atoms with Gasteiger partial charge in [-0.25, -0.2) is 0 Å². The van der Waals surface area contributed by atoms with E-state index in [0.29, 0.717) is 5.92 Å². The summed E-state index contributed by atoms with van der Waals surface area (Å²) in [6.45, 7) is 0.195. The minimum atomic E-state index is 0.0531. The molecule has 4 heteroatoms. The molecule has 4 nitrogen and oxygen atoms in total. The van der Waals surface area contributed by atoms with Crippen molar-refractivity contribution in [3.63, 3.8) is 0 Å². The SMILES string of the molecule is O=C(OC1CCC(c2ccc(OCOc3ccccc3)cc2)CC1)C1CCCCC1. The fraction of sp³-hybridized carbons (Fsp3) is 0.500. The van der Waals surface area contributed by atoms with Crippen LogP contribution < -0.4 is 9.47 Å². The Hall–Kier alpha value is -2.49. The monoisotopic (exact) mass is 408 g/mol. The molecule has 0 unspecified atom stereocenters. The predicted octanol–water partition coefficient (Wildman–Crippen LogP) is 6.25. The zero-order valence-corrected chi connectivity index (χ0v) is 17.6. The minimum absolute atomic E-state index is 0.0531. The van der Waals surface area contributed by atoms with E-state index in [0.717, 1.165) is 50.0 Å². The largest absolute Gasteiger partial charge is 0.462 e. The highest BCUT2D eigenvalue weighted by atomic mass is 16.7. The second-order valence-electron chi connectivity index (χ2n) is 8.53. The Balaban J connectivity index is 1.19. The Morgan fingerprint density at radius 2 is 1.37 bits per heavy atom. The molecule has 0 N–H and O–H groups in total. The number of carbonyl (C=O) groups excluding carboxylic acids is 1. The van der Waals surface area contributed by atoms with Gasteiger partial charge in [-0.15, -0.1) is 0 Å². The Morgan fingerprint density at radius 3 is 2.03 bits per heavy atom. The minimum Gasteiger partial charge on any atom is -0.462 e. The molecule has 0 atom stereocenters. The molecule has 160 valence electrons. The summed E-state index contributed by atoms with van der Waals surface area (Å²) in [6, 6.07) is 18.0. The van der Waals surface area contributed by atoms with Crippen molar-refractivity contribution in [1.29, 1.82) is 0 Å². The van der Waals surface area contributed by atoms with Gasteiger partial charge in [0.25, 0.3) is 0 Å². The van der Waals surface area contributed by atoms with Crippen LogP contribution in [-0.4, -0.2) is 18.9 Å². The van der Waals surface area contributed by atoms with Gasteiger partial charge >= 0.3 is 5.97 Å². The lowest BCUT2D eigenvalue weighted by Gasteiger charge is -2.30. The molecule has 0 amide bonds. The molecular formula is C26H32O4. The molecule has 30 heavy (non-hydrogen) atoms. The molecular weight excluding hydrogens is 376 g/mol. The van der Waals surface area contributed by atoms with Gasteiger partial charge in [0, 0.05) is 0 Å². The molecule has 0 aromatic heterocycles. The van der Waals surface area contributed by atoms with Crippen LogP contribution in [0.3, 0.4) is 0 Å². The number of hydrogen-bond acceptors (Lipinski definition) is 4. The summed E-state index contributed by atoms with van der Waals surface area (Å²) in [5, 5.41) is 0. The van der Waals surface area contributed by atoms with Crippen molar-refractivity contribution in [3.05, 3.63) is 60.2 Å². The topological polar surface area (TPSA) is 44.8 Å². The molecule has 0 radical (unpaired) electrons. The summed E-state index contributed by atoms with van der Waals surface area (Å²) >= 11 is 0. The first-order valence-electron chi connectivity index (χ1n) is 11.4. The van der Waals surface area contributed by atoms with Crippen molar-refractivity contribution < 1.29 is 19.0 Å². The van der Waals surface area contributed by atoms with Crippen LogP contribution in [0.5, 0.6) is 11.5 Å². The van der Waals surface area contributed by atoms with Gasteiger partial charge < -0.3 is 14.2 Å². The van der Waals surface area contributed by atoms with E-state index in [-0.39, 0.29) is 24.8 Å². The number of esters is 1. The van der Waals surface area contributed by atoms with Gasteiger partial charge in [-0.05, 0) is 74.3 Å². The molecule has 4 rings (SSSR count). The number of hydrogen-bond donors (Lipinski definition) is 0. The summed E-state index contributed by atoms with van der Waals surface area (Å²) in [6.07, 6.45) is 9.80. The van der Waals surface area contributed by atoms with Gasteiger partial charge in [0.05, 0.1) is 5.92 Å². The quantitative estimate of drug-likeness (QED) is 0.401. The van der Waals surface area contributed by atoms with Crippen LogP contribution >= 0.6 is 0 Å². The summed E-state index contributed by atoms with van der Waals surface area (Å²) in [4.78, 5) is 12.4. The standard InChI is InChI=1S/C26H32O4/c27-26(22-7-3-1-4-8-22)30-25-17-13-21(14-18-25)20-11-15-24(16-12-20)29-19-28-23-9-5-2-6-10-23/h2,5-6,9-12,15-16,21-22,25H,1,3-4,7-8,13-14,17-19H2. The maximum Gasteiger partial charge on any atom is 0.309 e. The van der Waals surface area contributed by atoms with Gasteiger partial charge in [-0.2, -0.15) is 0 Å². The molecule has 0 heterocycles. The number of benzene rings is 2. The van der Waals surface area contributed by atoms with E-state index < -0.39 is 0 Å². The van der Waals surface area contributed by atoms with Crippen molar-refractivity contribution in [3.8, 4) is 11.5 Å². The lowest BCUT2D eigenvalue weighted by atomic mass is 9.82. The van der Waals surface area contributed by atoms with Crippen LogP contribution in [0.25, 0.3) is 0 Å². The van der Waals surface area contributed by atoms with Crippen molar-refractivity contribution >= 4 is 5.97 Å². The highest BCUT2D eigenvalue weighted by molar-refractivity contribution is 5.72. The molecule has 2 fully saturated rings. The van der Waals surface area contributed by atoms with Crippen LogP contribution in [0.2, 0.25) is 0 Å². The highest BCUT2D eigenvalue weighted by Crippen LogP contribution is 2.35. The number of para-hydroxylation sites is 1. The van der Waals surface area contributed by atoms with Gasteiger partial charge in [0.2, 0.25) is 6.79 Å². The van der Waals surface area contributed by atoms with Crippen LogP contribution in [0.1, 0.15) is 69.3 Å². The molecule has 2 aliphatic carbocycles. The second kappa shape index (κ2) is 10.5. The van der Waals surface area contributed by atoms with E-state index in [2.05, 4.69) is 12.1 Å². The van der Waals surface area contributed by atoms with Gasteiger partial charge in [0.15, 0.2) is 0 Å². The Morgan fingerprint density at radius 1 is 0.733 bits per heavy atom. The van der Waals surface area contributed by atoms with E-state index in [4.69, 9.17) is 14.2 Å². The van der Waals surface area contributed by atoms with Crippen LogP contribution in [0.15, 0.2) is 54.6 Å². The normalized spacial score (nSPS) is 22.3. The molecule has 0 bridgehead atoms. The van der Waals surface area contributed by atoms with Crippen LogP contribution in [0, 0.1) is 5.92 Å². The average Bonchev–Trinajstić information content (AvgIpc) is 2.81. The van der Waals surface area contributed by atoms with Gasteiger partial charge in [-0.1, -0.05) is 49.6 Å². The van der Waals surface area contributed by atoms with E-state index in [9.17, 15) is 4.79 Å². The molecule has 0 spiro atoms. The van der Waals surface area contributed by atoms with Crippen molar-refractivity contribution in [2.45, 2.75) is 69.8 Å².